The van der Waals surface area contributed by atoms with Gasteiger partial charge in [0.2, 0.25) is 0 Å². The van der Waals surface area contributed by atoms with Crippen LogP contribution < -0.4 is 0 Å². The molecule has 1 unspecified atom stereocenters. The minimum Gasteiger partial charge on any atom is -0.458 e. The molecule has 3 nitrogen and oxygen atoms in total. The van der Waals surface area contributed by atoms with E-state index in [1.165, 1.54) is 18.4 Å². The van der Waals surface area contributed by atoms with Crippen molar-refractivity contribution < 1.29 is 14.3 Å². The summed E-state index contributed by atoms with van der Waals surface area (Å²) >= 11 is 6.59. The van der Waals surface area contributed by atoms with Gasteiger partial charge in [0.15, 0.2) is 5.78 Å². The fraction of sp³-hybridized carbons (Fsp3) is 0.833. The van der Waals surface area contributed by atoms with Crippen molar-refractivity contribution >= 4 is 23.4 Å². The highest BCUT2D eigenvalue weighted by Gasteiger charge is 2.79. The molecule has 6 rings (SSSR count). The molecule has 0 aromatic heterocycles. The van der Waals surface area contributed by atoms with E-state index in [0.29, 0.717) is 60.0 Å². The van der Waals surface area contributed by atoms with Crippen LogP contribution in [0.1, 0.15) is 65.2 Å². The van der Waals surface area contributed by atoms with Gasteiger partial charge < -0.3 is 4.74 Å². The molecule has 0 bridgehead atoms. The first kappa shape index (κ1) is 18.0. The number of hydrogen-bond donors (Lipinski definition) is 0. The van der Waals surface area contributed by atoms with Gasteiger partial charge in [-0.05, 0) is 79.6 Å². The van der Waals surface area contributed by atoms with Gasteiger partial charge in [-0.2, -0.15) is 0 Å². The molecule has 0 radical (unpaired) electrons. The van der Waals surface area contributed by atoms with Crippen molar-refractivity contribution in [2.75, 3.05) is 5.88 Å². The Kier molecular flexibility index (Phi) is 3.50. The van der Waals surface area contributed by atoms with Gasteiger partial charge in [0.05, 0.1) is 0 Å². The van der Waals surface area contributed by atoms with Crippen molar-refractivity contribution in [3.8, 4) is 0 Å². The van der Waals surface area contributed by atoms with Crippen LogP contribution in [0.2, 0.25) is 0 Å². The van der Waals surface area contributed by atoms with Crippen LogP contribution >= 0.6 is 11.6 Å². The van der Waals surface area contributed by atoms with E-state index in [2.05, 4.69) is 13.8 Å². The minimum atomic E-state index is -0.194. The van der Waals surface area contributed by atoms with E-state index >= 15 is 0 Å². The van der Waals surface area contributed by atoms with Crippen LogP contribution in [0, 0.1) is 46.3 Å². The molecular weight excluding hydrogens is 372 g/mol. The Morgan fingerprint density at radius 2 is 1.96 bits per heavy atom. The summed E-state index contributed by atoms with van der Waals surface area (Å²) in [5, 5.41) is 0. The Balaban J connectivity index is 1.44. The molecule has 9 atom stereocenters. The van der Waals surface area contributed by atoms with Crippen LogP contribution in [0.25, 0.3) is 0 Å². The van der Waals surface area contributed by atoms with E-state index in [0.717, 1.165) is 25.7 Å². The topological polar surface area (TPSA) is 43.4 Å². The zero-order valence-electron chi connectivity index (χ0n) is 17.0. The Morgan fingerprint density at radius 3 is 2.68 bits per heavy atom. The maximum absolute atomic E-state index is 12.2. The van der Waals surface area contributed by atoms with Crippen LogP contribution in [0.3, 0.4) is 0 Å². The Hall–Kier alpha value is -0.830. The average Bonchev–Trinajstić information content (AvgIpc) is 3.30. The first-order valence-electron chi connectivity index (χ1n) is 11.4. The van der Waals surface area contributed by atoms with Crippen molar-refractivity contribution in [2.24, 2.45) is 46.3 Å². The van der Waals surface area contributed by atoms with E-state index in [-0.39, 0.29) is 22.4 Å². The standard InChI is InChI=1S/C24H31ClO3/c1-22-6-3-15(26)10-14(22)9-13(12-25)20-17(22)4-7-23(2)21(20)16-11-18(16)24(23)8-5-19(27)28-24/h10,13,16-18,20-21H,3-9,11-12H2,1-2H3/t13-,16+,17-,18-,20+,21-,22-,23-,24?/m0/s1. The van der Waals surface area contributed by atoms with Crippen molar-refractivity contribution in [3.63, 3.8) is 0 Å². The third-order valence-electron chi connectivity index (χ3n) is 10.5. The summed E-state index contributed by atoms with van der Waals surface area (Å²) in [6, 6.07) is 0. The fourth-order valence-electron chi connectivity index (χ4n) is 9.20. The van der Waals surface area contributed by atoms with Gasteiger partial charge in [-0.15, -0.1) is 11.6 Å². The summed E-state index contributed by atoms with van der Waals surface area (Å²) in [4.78, 5) is 24.3. The average molecular weight is 403 g/mol. The first-order valence-corrected chi connectivity index (χ1v) is 11.9. The predicted molar refractivity (Wildman–Crippen MR) is 107 cm³/mol. The molecule has 4 heteroatoms. The third kappa shape index (κ3) is 1.94. The van der Waals surface area contributed by atoms with Crippen molar-refractivity contribution in [1.82, 2.24) is 0 Å². The molecule has 0 amide bonds. The lowest BCUT2D eigenvalue weighted by atomic mass is 9.43. The molecule has 152 valence electrons. The van der Waals surface area contributed by atoms with E-state index < -0.39 is 0 Å². The second-order valence-electron chi connectivity index (χ2n) is 11.2. The number of rotatable bonds is 1. The highest BCUT2D eigenvalue weighted by molar-refractivity contribution is 6.18. The summed E-state index contributed by atoms with van der Waals surface area (Å²) in [5.41, 5.74) is 1.46. The van der Waals surface area contributed by atoms with E-state index in [1.807, 2.05) is 6.08 Å². The van der Waals surface area contributed by atoms with Gasteiger partial charge in [0.25, 0.3) is 0 Å². The van der Waals surface area contributed by atoms with E-state index in [9.17, 15) is 9.59 Å². The molecule has 1 saturated heterocycles. The van der Waals surface area contributed by atoms with Crippen LogP contribution in [-0.2, 0) is 14.3 Å². The molecule has 1 spiro atoms. The zero-order chi connectivity index (χ0) is 19.5. The Morgan fingerprint density at radius 1 is 1.14 bits per heavy atom. The second-order valence-corrected chi connectivity index (χ2v) is 11.5. The normalized spacial score (nSPS) is 56.5. The lowest BCUT2D eigenvalue weighted by molar-refractivity contribution is -0.179. The molecule has 1 aliphatic heterocycles. The largest absolute Gasteiger partial charge is 0.458 e. The number of carbonyl (C=O) groups is 2. The highest BCUT2D eigenvalue weighted by atomic mass is 35.5. The fourth-order valence-corrected chi connectivity index (χ4v) is 9.51. The van der Waals surface area contributed by atoms with Gasteiger partial charge in [-0.1, -0.05) is 19.4 Å². The molecule has 0 N–H and O–H groups in total. The van der Waals surface area contributed by atoms with Gasteiger partial charge in [-0.25, -0.2) is 0 Å². The van der Waals surface area contributed by atoms with Crippen LogP contribution in [-0.4, -0.2) is 23.2 Å². The molecular formula is C24H31ClO3. The van der Waals surface area contributed by atoms with Gasteiger partial charge in [-0.3, -0.25) is 9.59 Å². The highest BCUT2D eigenvalue weighted by Crippen LogP contribution is 2.79. The Labute approximate surface area is 172 Å². The monoisotopic (exact) mass is 402 g/mol. The lowest BCUT2D eigenvalue weighted by Gasteiger charge is -2.62. The minimum absolute atomic E-state index is 0.0233. The molecule has 5 fully saturated rings. The van der Waals surface area contributed by atoms with Gasteiger partial charge in [0.1, 0.15) is 5.60 Å². The SMILES string of the molecule is C[C@]12CCC(=O)C=C1C[C@@H](CCl)[C@H]1[C@@H]3[C@@H]4C[C@@H]4C4(CCC(=O)O4)[C@@]3(C)CC[C@@H]12. The summed E-state index contributed by atoms with van der Waals surface area (Å²) in [6.07, 6.45) is 9.78. The van der Waals surface area contributed by atoms with Crippen LogP contribution in [0.5, 0.6) is 0 Å². The molecule has 5 aliphatic carbocycles. The summed E-state index contributed by atoms with van der Waals surface area (Å²) in [5.74, 6) is 4.62. The molecule has 0 aromatic carbocycles. The number of hydrogen-bond acceptors (Lipinski definition) is 3. The predicted octanol–water partition coefficient (Wildman–Crippen LogP) is 4.91. The molecule has 1 heterocycles. The van der Waals surface area contributed by atoms with Crippen molar-refractivity contribution in [1.29, 1.82) is 0 Å². The Bertz CT molecular complexity index is 804. The lowest BCUT2D eigenvalue weighted by Crippen LogP contribution is -2.59. The summed E-state index contributed by atoms with van der Waals surface area (Å²) in [6.45, 7) is 4.88. The number of ketones is 1. The number of ether oxygens (including phenoxy) is 1. The maximum atomic E-state index is 12.2. The number of alkyl halides is 1. The first-order chi connectivity index (χ1) is 13.3. The summed E-state index contributed by atoms with van der Waals surface area (Å²) < 4.78 is 6.20. The van der Waals surface area contributed by atoms with E-state index in [4.69, 9.17) is 16.3 Å². The zero-order valence-corrected chi connectivity index (χ0v) is 17.8. The van der Waals surface area contributed by atoms with Crippen molar-refractivity contribution in [2.45, 2.75) is 70.8 Å². The van der Waals surface area contributed by atoms with Gasteiger partial charge in [0, 0.05) is 30.1 Å². The third-order valence-corrected chi connectivity index (χ3v) is 10.9. The van der Waals surface area contributed by atoms with Crippen molar-refractivity contribution in [3.05, 3.63) is 11.6 Å². The van der Waals surface area contributed by atoms with Crippen LogP contribution in [0.15, 0.2) is 11.6 Å². The number of allylic oxidation sites excluding steroid dienone is 1. The van der Waals surface area contributed by atoms with E-state index in [1.54, 1.807) is 0 Å². The number of halogens is 1. The number of fused-ring (bicyclic) bond motifs is 9. The molecule has 4 saturated carbocycles. The number of esters is 1. The number of carbonyl (C=O) groups excluding carboxylic acids is 2. The molecule has 6 aliphatic rings. The van der Waals surface area contributed by atoms with Gasteiger partial charge >= 0.3 is 5.97 Å². The quantitative estimate of drug-likeness (QED) is 0.462. The molecule has 28 heavy (non-hydrogen) atoms. The summed E-state index contributed by atoms with van der Waals surface area (Å²) in [7, 11) is 0. The maximum Gasteiger partial charge on any atom is 0.306 e. The second kappa shape index (κ2) is 5.45. The van der Waals surface area contributed by atoms with Crippen LogP contribution in [0.4, 0.5) is 0 Å². The molecule has 0 aromatic rings. The smallest absolute Gasteiger partial charge is 0.306 e.